The van der Waals surface area contributed by atoms with Gasteiger partial charge in [-0.15, -0.1) is 0 Å². The van der Waals surface area contributed by atoms with Crippen LogP contribution < -0.4 is 5.32 Å². The fourth-order valence-corrected chi connectivity index (χ4v) is 3.45. The normalized spacial score (nSPS) is 15.6. The Morgan fingerprint density at radius 2 is 1.89 bits per heavy atom. The van der Waals surface area contributed by atoms with Crippen LogP contribution in [0.2, 0.25) is 0 Å². The molecule has 0 amide bonds. The Morgan fingerprint density at radius 3 is 2.56 bits per heavy atom. The fourth-order valence-electron chi connectivity index (χ4n) is 2.81. The van der Waals surface area contributed by atoms with Crippen LogP contribution >= 0.6 is 0 Å². The maximum atomic E-state index is 11.6. The number of nitrogens with zero attached hydrogens (tertiary/aromatic N) is 2. The molecule has 0 atom stereocenters. The summed E-state index contributed by atoms with van der Waals surface area (Å²) < 4.78 is 34.3. The second-order valence-corrected chi connectivity index (χ2v) is 8.33. The van der Waals surface area contributed by atoms with Crippen molar-refractivity contribution in [1.29, 1.82) is 0 Å². The number of nitro groups is 1. The number of furan rings is 1. The largest absolute Gasteiger partial charge is 0.463 e. The lowest BCUT2D eigenvalue weighted by atomic mass is 10.2. The molecule has 3 rings (SSSR count). The van der Waals surface area contributed by atoms with Gasteiger partial charge in [0, 0.05) is 25.4 Å². The smallest absolute Gasteiger partial charge is 0.293 e. The summed E-state index contributed by atoms with van der Waals surface area (Å²) in [6.07, 6.45) is 1.01. The third kappa shape index (κ3) is 5.06. The molecule has 0 radical (unpaired) electrons. The highest BCUT2D eigenvalue weighted by Gasteiger charge is 2.19. The third-order valence-electron chi connectivity index (χ3n) is 4.25. The average molecular weight is 395 g/mol. The topological polar surface area (TPSA) is 115 Å². The first kappa shape index (κ1) is 19.3. The molecule has 2 heterocycles. The van der Waals surface area contributed by atoms with Crippen LogP contribution in [0, 0.1) is 10.1 Å². The van der Waals surface area contributed by atoms with Gasteiger partial charge in [0.25, 0.3) is 5.69 Å². The predicted molar refractivity (Wildman–Crippen MR) is 98.3 cm³/mol. The van der Waals surface area contributed by atoms with Gasteiger partial charge in [-0.1, -0.05) is 0 Å². The number of hydrogen-bond donors (Lipinski definition) is 1. The lowest BCUT2D eigenvalue weighted by molar-refractivity contribution is -0.384. The first-order valence-electron chi connectivity index (χ1n) is 8.43. The Bertz CT molecular complexity index is 919. The lowest BCUT2D eigenvalue weighted by Gasteiger charge is -2.25. The van der Waals surface area contributed by atoms with Crippen LogP contribution in [0.5, 0.6) is 0 Å². The van der Waals surface area contributed by atoms with E-state index in [9.17, 15) is 18.5 Å². The van der Waals surface area contributed by atoms with Gasteiger partial charge in [-0.05, 0) is 24.3 Å². The van der Waals surface area contributed by atoms with Crippen molar-refractivity contribution in [3.63, 3.8) is 0 Å². The molecule has 1 N–H and O–H groups in total. The zero-order valence-electron chi connectivity index (χ0n) is 14.9. The summed E-state index contributed by atoms with van der Waals surface area (Å²) in [5, 5.41) is 14.2. The van der Waals surface area contributed by atoms with Crippen LogP contribution in [0.25, 0.3) is 0 Å². The monoisotopic (exact) mass is 395 g/mol. The number of morpholine rings is 1. The number of benzene rings is 1. The van der Waals surface area contributed by atoms with Gasteiger partial charge in [0.05, 0.1) is 36.1 Å². The Hall–Kier alpha value is -2.43. The van der Waals surface area contributed by atoms with Crippen molar-refractivity contribution in [3.8, 4) is 0 Å². The van der Waals surface area contributed by atoms with Gasteiger partial charge in [0.2, 0.25) is 0 Å². The molecule has 1 aromatic carbocycles. The molecule has 0 bridgehead atoms. The average Bonchev–Trinajstić information content (AvgIpc) is 3.07. The minimum atomic E-state index is -3.52. The highest BCUT2D eigenvalue weighted by molar-refractivity contribution is 7.90. The predicted octanol–water partition coefficient (Wildman–Crippen LogP) is 2.04. The number of nitrogens with one attached hydrogen (secondary N) is 1. The fraction of sp³-hybridized carbons (Fsp3) is 0.412. The molecule has 1 fully saturated rings. The van der Waals surface area contributed by atoms with Crippen molar-refractivity contribution in [2.75, 3.05) is 37.9 Å². The minimum Gasteiger partial charge on any atom is -0.463 e. The molecule has 0 aliphatic carbocycles. The Morgan fingerprint density at radius 1 is 1.19 bits per heavy atom. The van der Waals surface area contributed by atoms with Crippen molar-refractivity contribution >= 4 is 21.2 Å². The van der Waals surface area contributed by atoms with E-state index >= 15 is 0 Å². The molecule has 2 aromatic rings. The van der Waals surface area contributed by atoms with Crippen molar-refractivity contribution in [2.24, 2.45) is 0 Å². The summed E-state index contributed by atoms with van der Waals surface area (Å²) >= 11 is 0. The van der Waals surface area contributed by atoms with E-state index in [-0.39, 0.29) is 22.8 Å². The number of ether oxygens (including phenoxy) is 1. The van der Waals surface area contributed by atoms with E-state index < -0.39 is 14.8 Å². The maximum absolute atomic E-state index is 11.6. The highest BCUT2D eigenvalue weighted by atomic mass is 32.2. The molecular formula is C17H21N3O6S. The summed E-state index contributed by atoms with van der Waals surface area (Å²) in [7, 11) is -3.52. The maximum Gasteiger partial charge on any atom is 0.293 e. The molecule has 27 heavy (non-hydrogen) atoms. The quantitative estimate of drug-likeness (QED) is 0.559. The van der Waals surface area contributed by atoms with E-state index in [0.29, 0.717) is 25.5 Å². The number of hydrogen-bond acceptors (Lipinski definition) is 8. The molecule has 1 aliphatic heterocycles. The molecule has 146 valence electrons. The lowest BCUT2D eigenvalue weighted by Crippen LogP contribution is -2.35. The molecule has 1 aliphatic rings. The SMILES string of the molecule is CS(=O)(=O)c1ccc(NCc2ccc(CN3CCOCC3)o2)c([N+](=O)[O-])c1. The first-order chi connectivity index (χ1) is 12.8. The van der Waals surface area contributed by atoms with Gasteiger partial charge in [0.15, 0.2) is 9.84 Å². The van der Waals surface area contributed by atoms with E-state index in [1.807, 2.05) is 12.1 Å². The summed E-state index contributed by atoms with van der Waals surface area (Å²) in [6, 6.07) is 7.50. The summed E-state index contributed by atoms with van der Waals surface area (Å²) in [5.41, 5.74) is -0.0587. The van der Waals surface area contributed by atoms with E-state index in [1.165, 1.54) is 12.1 Å². The third-order valence-corrected chi connectivity index (χ3v) is 5.36. The second kappa shape index (κ2) is 8.07. The van der Waals surface area contributed by atoms with Gasteiger partial charge in [-0.3, -0.25) is 15.0 Å². The Balaban J connectivity index is 1.67. The van der Waals surface area contributed by atoms with Crippen molar-refractivity contribution in [1.82, 2.24) is 4.90 Å². The first-order valence-corrected chi connectivity index (χ1v) is 10.3. The van der Waals surface area contributed by atoms with Crippen LogP contribution in [0.3, 0.4) is 0 Å². The van der Waals surface area contributed by atoms with E-state index in [4.69, 9.17) is 9.15 Å². The van der Waals surface area contributed by atoms with E-state index in [0.717, 1.165) is 31.2 Å². The molecule has 0 saturated carbocycles. The molecule has 1 aromatic heterocycles. The Kier molecular flexibility index (Phi) is 5.78. The zero-order chi connectivity index (χ0) is 19.4. The van der Waals surface area contributed by atoms with Crippen LogP contribution in [-0.2, 0) is 27.7 Å². The van der Waals surface area contributed by atoms with Crippen molar-refractivity contribution in [2.45, 2.75) is 18.0 Å². The van der Waals surface area contributed by atoms with Gasteiger partial charge in [-0.2, -0.15) is 0 Å². The van der Waals surface area contributed by atoms with Gasteiger partial charge in [0.1, 0.15) is 17.2 Å². The number of rotatable bonds is 7. The number of sulfone groups is 1. The van der Waals surface area contributed by atoms with Crippen LogP contribution in [0.15, 0.2) is 39.6 Å². The van der Waals surface area contributed by atoms with Crippen molar-refractivity contribution in [3.05, 3.63) is 52.0 Å². The molecule has 9 nitrogen and oxygen atoms in total. The van der Waals surface area contributed by atoms with Crippen LogP contribution in [0.1, 0.15) is 11.5 Å². The molecule has 10 heteroatoms. The summed E-state index contributed by atoms with van der Waals surface area (Å²) in [5.74, 6) is 1.45. The van der Waals surface area contributed by atoms with Crippen molar-refractivity contribution < 1.29 is 22.5 Å². The summed E-state index contributed by atoms with van der Waals surface area (Å²) in [6.45, 7) is 4.07. The number of anilines is 1. The van der Waals surface area contributed by atoms with Gasteiger partial charge >= 0.3 is 0 Å². The standard InChI is InChI=1S/C17H21N3O6S/c1-27(23,24)15-4-5-16(17(10-15)20(21)22)18-11-13-2-3-14(26-13)12-19-6-8-25-9-7-19/h2-5,10,18H,6-9,11-12H2,1H3. The molecule has 1 saturated heterocycles. The highest BCUT2D eigenvalue weighted by Crippen LogP contribution is 2.28. The zero-order valence-corrected chi connectivity index (χ0v) is 15.7. The van der Waals surface area contributed by atoms with E-state index in [2.05, 4.69) is 10.2 Å². The van der Waals surface area contributed by atoms with Gasteiger partial charge in [-0.25, -0.2) is 8.42 Å². The van der Waals surface area contributed by atoms with Gasteiger partial charge < -0.3 is 14.5 Å². The Labute approximate surface area is 157 Å². The molecular weight excluding hydrogens is 374 g/mol. The van der Waals surface area contributed by atoms with Crippen LogP contribution in [0.4, 0.5) is 11.4 Å². The molecule has 0 unspecified atom stereocenters. The molecule has 0 spiro atoms. The second-order valence-electron chi connectivity index (χ2n) is 6.32. The van der Waals surface area contributed by atoms with E-state index in [1.54, 1.807) is 0 Å². The number of nitro benzene ring substituents is 1. The minimum absolute atomic E-state index is 0.0921. The summed E-state index contributed by atoms with van der Waals surface area (Å²) in [4.78, 5) is 12.8. The van der Waals surface area contributed by atoms with Crippen LogP contribution in [-0.4, -0.2) is 50.8 Å².